The average Bonchev–Trinajstić information content (AvgIpc) is 2.80. The number of hydrogen-bond acceptors (Lipinski definition) is 7. The van der Waals surface area contributed by atoms with Gasteiger partial charge in [-0.25, -0.2) is 4.79 Å². The number of aliphatic hydroxyl groups is 1. The summed E-state index contributed by atoms with van der Waals surface area (Å²) in [6, 6.07) is 0. The summed E-state index contributed by atoms with van der Waals surface area (Å²) in [5, 5.41) is 39.2. The van der Waals surface area contributed by atoms with E-state index in [9.17, 15) is 19.2 Å². The summed E-state index contributed by atoms with van der Waals surface area (Å²) in [5.74, 6) is -4.26. The third-order valence-electron chi connectivity index (χ3n) is 3.00. The number of aromatic amines is 1. The van der Waals surface area contributed by atoms with Crippen LogP contribution in [0.25, 0.3) is 0 Å². The van der Waals surface area contributed by atoms with Crippen LogP contribution in [0.4, 0.5) is 0 Å². The Morgan fingerprint density at radius 2 is 1.70 bits per heavy atom. The molecule has 1 aliphatic heterocycles. The van der Waals surface area contributed by atoms with Gasteiger partial charge in [0.05, 0.1) is 24.9 Å². The van der Waals surface area contributed by atoms with Crippen molar-refractivity contribution in [3.05, 3.63) is 21.7 Å². The fourth-order valence-electron chi connectivity index (χ4n) is 1.88. The summed E-state index contributed by atoms with van der Waals surface area (Å²) in [4.78, 5) is 41.4. The molecular weight excluding hydrogens is 316 g/mol. The van der Waals surface area contributed by atoms with Gasteiger partial charge in [-0.2, -0.15) is 5.16 Å². The summed E-state index contributed by atoms with van der Waals surface area (Å²) in [7, 11) is 0. The van der Waals surface area contributed by atoms with Gasteiger partial charge in [-0.1, -0.05) is 0 Å². The molecule has 23 heavy (non-hydrogen) atoms. The van der Waals surface area contributed by atoms with Crippen LogP contribution in [0.2, 0.25) is 0 Å². The molecule has 0 amide bonds. The molecule has 11 heteroatoms. The maximum absolute atomic E-state index is 10.9. The maximum Gasteiger partial charge on any atom is 0.336 e. The third kappa shape index (κ3) is 5.23. The highest BCUT2D eigenvalue weighted by molar-refractivity contribution is 5.88. The topological polar surface area (TPSA) is 190 Å². The number of carboxylic acids is 3. The molecule has 0 bridgehead atoms. The molecule has 128 valence electrons. The smallest absolute Gasteiger partial charge is 0.336 e. The van der Waals surface area contributed by atoms with Crippen LogP contribution < -0.4 is 10.9 Å². The predicted molar refractivity (Wildman–Crippen MR) is 71.8 cm³/mol. The molecule has 2 rings (SSSR count). The summed E-state index contributed by atoms with van der Waals surface area (Å²) in [6.07, 6.45) is -1.51. The van der Waals surface area contributed by atoms with E-state index in [1.54, 1.807) is 0 Å². The minimum atomic E-state index is -2.74. The molecule has 0 saturated heterocycles. The number of carboxylic acid groups (broad SMARTS) is 3. The molecule has 1 aromatic rings. The molecule has 0 atom stereocenters. The van der Waals surface area contributed by atoms with Gasteiger partial charge in [-0.3, -0.25) is 14.4 Å². The van der Waals surface area contributed by atoms with Crippen LogP contribution in [-0.4, -0.2) is 55.6 Å². The minimum absolute atomic E-state index is 0.0727. The Kier molecular flexibility index (Phi) is 6.04. The van der Waals surface area contributed by atoms with E-state index >= 15 is 0 Å². The standard InChI is InChI=1S/C6H8N2O2.C6H8O7/c9-6-4-1-2-7-3-5(4)10-8-6;7-3(8)1-6(13,5(11)12)2-4(9)10/h7H,1-3H2,(H,8,9);13H,1-2H2,(H,7,8)(H,9,10)(H,11,12). The molecule has 0 fully saturated rings. The molecule has 2 heterocycles. The lowest BCUT2D eigenvalue weighted by atomic mass is 9.96. The van der Waals surface area contributed by atoms with Crippen molar-refractivity contribution in [2.75, 3.05) is 6.54 Å². The fourth-order valence-corrected chi connectivity index (χ4v) is 1.88. The van der Waals surface area contributed by atoms with Crippen LogP contribution >= 0.6 is 0 Å². The van der Waals surface area contributed by atoms with Gasteiger partial charge in [0.25, 0.3) is 5.56 Å². The summed E-state index contributed by atoms with van der Waals surface area (Å²) in [5.41, 5.74) is -2.01. The second kappa shape index (κ2) is 7.56. The maximum atomic E-state index is 10.9. The zero-order chi connectivity index (χ0) is 17.6. The zero-order valence-corrected chi connectivity index (χ0v) is 11.9. The normalized spacial score (nSPS) is 13.4. The first-order valence-electron chi connectivity index (χ1n) is 6.45. The highest BCUT2D eigenvalue weighted by Gasteiger charge is 2.40. The number of carbonyl (C=O) groups is 3. The third-order valence-corrected chi connectivity index (χ3v) is 3.00. The highest BCUT2D eigenvalue weighted by atomic mass is 16.5. The predicted octanol–water partition coefficient (Wildman–Crippen LogP) is -1.63. The lowest BCUT2D eigenvalue weighted by Crippen LogP contribution is -2.42. The summed E-state index contributed by atoms with van der Waals surface area (Å²) < 4.78 is 4.89. The molecular formula is C12H16N2O9. The molecule has 11 nitrogen and oxygen atoms in total. The Balaban J connectivity index is 0.000000235. The second-order valence-corrected chi connectivity index (χ2v) is 4.84. The Labute approximate surface area is 128 Å². The minimum Gasteiger partial charge on any atom is -0.481 e. The number of aromatic nitrogens is 1. The monoisotopic (exact) mass is 332 g/mol. The van der Waals surface area contributed by atoms with E-state index in [0.717, 1.165) is 24.3 Å². The van der Waals surface area contributed by atoms with E-state index in [4.69, 9.17) is 24.9 Å². The molecule has 0 unspecified atom stereocenters. The molecule has 0 spiro atoms. The van der Waals surface area contributed by atoms with Crippen molar-refractivity contribution in [1.29, 1.82) is 0 Å². The van der Waals surface area contributed by atoms with Crippen LogP contribution in [0.15, 0.2) is 9.32 Å². The van der Waals surface area contributed by atoms with E-state index < -0.39 is 36.4 Å². The fraction of sp³-hybridized carbons (Fsp3) is 0.500. The Hall–Kier alpha value is -2.66. The zero-order valence-electron chi connectivity index (χ0n) is 11.9. The number of nitrogens with one attached hydrogen (secondary N) is 2. The molecule has 0 saturated carbocycles. The molecule has 0 aliphatic carbocycles. The van der Waals surface area contributed by atoms with Gasteiger partial charge in [-0.05, 0) is 13.0 Å². The Morgan fingerprint density at radius 1 is 1.13 bits per heavy atom. The van der Waals surface area contributed by atoms with Gasteiger partial charge in [0.1, 0.15) is 0 Å². The van der Waals surface area contributed by atoms with Crippen molar-refractivity contribution in [3.8, 4) is 0 Å². The second-order valence-electron chi connectivity index (χ2n) is 4.84. The van der Waals surface area contributed by atoms with Crippen molar-refractivity contribution >= 4 is 17.9 Å². The van der Waals surface area contributed by atoms with E-state index in [-0.39, 0.29) is 5.56 Å². The lowest BCUT2D eigenvalue weighted by molar-refractivity contribution is -0.170. The molecule has 1 aliphatic rings. The largest absolute Gasteiger partial charge is 0.481 e. The van der Waals surface area contributed by atoms with E-state index in [1.165, 1.54) is 0 Å². The summed E-state index contributed by atoms with van der Waals surface area (Å²) >= 11 is 0. The summed E-state index contributed by atoms with van der Waals surface area (Å²) in [6.45, 7) is 1.55. The average molecular weight is 332 g/mol. The van der Waals surface area contributed by atoms with E-state index in [2.05, 4.69) is 10.5 Å². The van der Waals surface area contributed by atoms with Gasteiger partial charge in [0, 0.05) is 0 Å². The van der Waals surface area contributed by atoms with Gasteiger partial charge in [-0.15, -0.1) is 0 Å². The van der Waals surface area contributed by atoms with Crippen LogP contribution in [0.3, 0.4) is 0 Å². The number of fused-ring (bicyclic) bond motifs is 1. The molecule has 0 aromatic carbocycles. The number of rotatable bonds is 5. The molecule has 1 aromatic heterocycles. The van der Waals surface area contributed by atoms with E-state index in [0.29, 0.717) is 6.54 Å². The SMILES string of the molecule is O=C(O)CC(O)(CC(=O)O)C(=O)O.O=c1[nH]oc2c1CCNC2. The lowest BCUT2D eigenvalue weighted by Gasteiger charge is -2.18. The highest BCUT2D eigenvalue weighted by Crippen LogP contribution is 2.15. The van der Waals surface area contributed by atoms with Crippen molar-refractivity contribution in [2.24, 2.45) is 0 Å². The Bertz CT molecular complexity index is 629. The van der Waals surface area contributed by atoms with Gasteiger partial charge in [0.15, 0.2) is 11.4 Å². The van der Waals surface area contributed by atoms with Crippen molar-refractivity contribution in [3.63, 3.8) is 0 Å². The molecule has 6 N–H and O–H groups in total. The quantitative estimate of drug-likeness (QED) is 0.364. The Morgan fingerprint density at radius 3 is 2.13 bits per heavy atom. The van der Waals surface area contributed by atoms with Gasteiger partial charge >= 0.3 is 17.9 Å². The van der Waals surface area contributed by atoms with E-state index in [1.807, 2.05) is 0 Å². The van der Waals surface area contributed by atoms with Gasteiger partial charge in [0.2, 0.25) is 0 Å². The number of aliphatic carboxylic acids is 3. The number of hydrogen-bond donors (Lipinski definition) is 6. The van der Waals surface area contributed by atoms with Crippen LogP contribution in [-0.2, 0) is 27.3 Å². The van der Waals surface area contributed by atoms with Gasteiger partial charge < -0.3 is 30.3 Å². The van der Waals surface area contributed by atoms with Crippen molar-refractivity contribution in [2.45, 2.75) is 31.4 Å². The number of H-pyrrole nitrogens is 1. The first-order chi connectivity index (χ1) is 10.7. The van der Waals surface area contributed by atoms with Crippen LogP contribution in [0, 0.1) is 0 Å². The van der Waals surface area contributed by atoms with Crippen molar-refractivity contribution in [1.82, 2.24) is 10.5 Å². The van der Waals surface area contributed by atoms with Crippen molar-refractivity contribution < 1.29 is 39.3 Å². The van der Waals surface area contributed by atoms with Crippen LogP contribution in [0.1, 0.15) is 24.2 Å². The first-order valence-corrected chi connectivity index (χ1v) is 6.45. The molecule has 0 radical (unpaired) electrons. The first kappa shape index (κ1) is 18.4. The van der Waals surface area contributed by atoms with Crippen LogP contribution in [0.5, 0.6) is 0 Å².